The first-order valence-electron chi connectivity index (χ1n) is 6.72. The number of halogens is 2. The van der Waals surface area contributed by atoms with Gasteiger partial charge in [-0.05, 0) is 22.4 Å². The molecule has 0 atom stereocenters. The number of ether oxygens (including phenoxy) is 2. The van der Waals surface area contributed by atoms with Crippen molar-refractivity contribution in [1.29, 1.82) is 0 Å². The van der Waals surface area contributed by atoms with Crippen molar-refractivity contribution in [1.82, 2.24) is 10.3 Å². The first kappa shape index (κ1) is 17.6. The van der Waals surface area contributed by atoms with Crippen LogP contribution in [0, 0.1) is 0 Å². The van der Waals surface area contributed by atoms with Crippen molar-refractivity contribution in [2.75, 3.05) is 18.9 Å². The maximum Gasteiger partial charge on any atom is 0.264 e. The molecule has 0 unspecified atom stereocenters. The number of methoxy groups -OCH3 is 2. The highest BCUT2D eigenvalue weighted by molar-refractivity contribution is 7.93. The number of hydrogen-bond donors (Lipinski definition) is 1. The van der Waals surface area contributed by atoms with Crippen molar-refractivity contribution in [3.8, 4) is 11.5 Å². The van der Waals surface area contributed by atoms with Crippen molar-refractivity contribution in [2.24, 2.45) is 0 Å². The molecule has 0 radical (unpaired) electrons. The molecule has 1 aromatic heterocycles. The maximum atomic E-state index is 12.8. The molecule has 3 aromatic rings. The number of nitrogens with one attached hydrogen (secondary N) is 1. The lowest BCUT2D eigenvalue weighted by Gasteiger charge is -2.14. The first-order chi connectivity index (χ1) is 11.9. The molecule has 0 aliphatic heterocycles. The van der Waals surface area contributed by atoms with Gasteiger partial charge < -0.3 is 9.47 Å². The fraction of sp³-hybridized carbons (Fsp3) is 0.143. The Bertz CT molecular complexity index is 1050. The molecular weight excluding hydrogens is 393 g/mol. The molecule has 25 heavy (non-hydrogen) atoms. The van der Waals surface area contributed by atoms with Gasteiger partial charge in [0.05, 0.1) is 30.0 Å². The van der Waals surface area contributed by atoms with Gasteiger partial charge in [-0.15, -0.1) is 0 Å². The zero-order chi connectivity index (χ0) is 18.2. The van der Waals surface area contributed by atoms with E-state index in [9.17, 15) is 8.42 Å². The van der Waals surface area contributed by atoms with Gasteiger partial charge in [-0.2, -0.15) is 0 Å². The van der Waals surface area contributed by atoms with Crippen molar-refractivity contribution >= 4 is 49.9 Å². The zero-order valence-electron chi connectivity index (χ0n) is 12.9. The number of hydrogen-bond acceptors (Lipinski definition) is 7. The van der Waals surface area contributed by atoms with Crippen LogP contribution >= 0.6 is 23.2 Å². The topological polar surface area (TPSA) is 104 Å². The maximum absolute atomic E-state index is 12.8. The fourth-order valence-electron chi connectivity index (χ4n) is 2.17. The lowest BCUT2D eigenvalue weighted by Crippen LogP contribution is -2.14. The van der Waals surface area contributed by atoms with Gasteiger partial charge in [-0.1, -0.05) is 23.2 Å². The number of nitrogens with zero attached hydrogens (tertiary/aromatic N) is 2. The molecule has 132 valence electrons. The summed E-state index contributed by atoms with van der Waals surface area (Å²) < 4.78 is 42.8. The number of anilines is 1. The van der Waals surface area contributed by atoms with E-state index in [2.05, 4.69) is 19.7 Å². The predicted molar refractivity (Wildman–Crippen MR) is 92.2 cm³/mol. The van der Waals surface area contributed by atoms with Crippen LogP contribution in [0.3, 0.4) is 0 Å². The molecule has 1 heterocycles. The van der Waals surface area contributed by atoms with Gasteiger partial charge in [0.1, 0.15) is 16.4 Å². The number of sulfonamides is 1. The second-order valence-electron chi connectivity index (χ2n) is 4.80. The van der Waals surface area contributed by atoms with Crippen LogP contribution < -0.4 is 14.2 Å². The van der Waals surface area contributed by atoms with Gasteiger partial charge in [0.25, 0.3) is 10.0 Å². The second-order valence-corrected chi connectivity index (χ2v) is 7.26. The van der Waals surface area contributed by atoms with Crippen molar-refractivity contribution in [2.45, 2.75) is 4.90 Å². The fourth-order valence-corrected chi connectivity index (χ4v) is 3.78. The third kappa shape index (κ3) is 3.17. The number of fused-ring (bicyclic) bond motifs is 1. The first-order valence-corrected chi connectivity index (χ1v) is 8.96. The van der Waals surface area contributed by atoms with E-state index >= 15 is 0 Å². The molecule has 0 saturated carbocycles. The molecule has 3 rings (SSSR count). The molecular formula is C14H11Cl2N3O5S. The van der Waals surface area contributed by atoms with E-state index in [-0.39, 0.29) is 43.2 Å². The SMILES string of the molecule is COc1cc(NS(=O)(=O)c2ccc(Cl)c3nonc23)c(OC)cc1Cl. The number of rotatable bonds is 5. The Morgan fingerprint density at radius 2 is 1.68 bits per heavy atom. The molecule has 8 nitrogen and oxygen atoms in total. The van der Waals surface area contributed by atoms with Crippen molar-refractivity contribution in [3.05, 3.63) is 34.3 Å². The lowest BCUT2D eigenvalue weighted by atomic mass is 10.3. The summed E-state index contributed by atoms with van der Waals surface area (Å²) in [6, 6.07) is 5.54. The second kappa shape index (κ2) is 6.58. The van der Waals surface area contributed by atoms with E-state index in [4.69, 9.17) is 32.7 Å². The lowest BCUT2D eigenvalue weighted by molar-refractivity contribution is 0.315. The van der Waals surface area contributed by atoms with E-state index in [0.717, 1.165) is 0 Å². The van der Waals surface area contributed by atoms with Gasteiger partial charge in [-0.25, -0.2) is 13.0 Å². The van der Waals surface area contributed by atoms with Crippen LogP contribution in [0.25, 0.3) is 11.0 Å². The predicted octanol–water partition coefficient (Wildman–Crippen LogP) is 3.35. The normalized spacial score (nSPS) is 11.5. The Kier molecular flexibility index (Phi) is 4.63. The van der Waals surface area contributed by atoms with Gasteiger partial charge in [0.15, 0.2) is 11.0 Å². The highest BCUT2D eigenvalue weighted by Gasteiger charge is 2.24. The van der Waals surface area contributed by atoms with Gasteiger partial charge in [0, 0.05) is 12.1 Å². The molecule has 0 spiro atoms. The van der Waals surface area contributed by atoms with Crippen LogP contribution in [0.2, 0.25) is 10.0 Å². The average molecular weight is 404 g/mol. The summed E-state index contributed by atoms with van der Waals surface area (Å²) in [6.07, 6.45) is 0. The minimum Gasteiger partial charge on any atom is -0.495 e. The monoisotopic (exact) mass is 403 g/mol. The zero-order valence-corrected chi connectivity index (χ0v) is 15.2. The molecule has 0 aliphatic carbocycles. The number of aromatic nitrogens is 2. The summed E-state index contributed by atoms with van der Waals surface area (Å²) in [5.74, 6) is 0.502. The third-order valence-corrected chi connectivity index (χ3v) is 5.33. The van der Waals surface area contributed by atoms with E-state index < -0.39 is 10.0 Å². The summed E-state index contributed by atoms with van der Waals surface area (Å²) >= 11 is 12.0. The minimum atomic E-state index is -4.05. The van der Waals surface area contributed by atoms with Crippen LogP contribution in [0.5, 0.6) is 11.5 Å². The van der Waals surface area contributed by atoms with Gasteiger partial charge in [0.2, 0.25) is 0 Å². The molecule has 0 amide bonds. The van der Waals surface area contributed by atoms with Crippen molar-refractivity contribution in [3.63, 3.8) is 0 Å². The largest absolute Gasteiger partial charge is 0.495 e. The molecule has 2 aromatic carbocycles. The Hall–Kier alpha value is -2.23. The van der Waals surface area contributed by atoms with E-state index in [1.807, 2.05) is 0 Å². The molecule has 11 heteroatoms. The molecule has 1 N–H and O–H groups in total. The van der Waals surface area contributed by atoms with Crippen LogP contribution in [-0.2, 0) is 10.0 Å². The highest BCUT2D eigenvalue weighted by Crippen LogP contribution is 2.37. The summed E-state index contributed by atoms with van der Waals surface area (Å²) in [4.78, 5) is -0.149. The minimum absolute atomic E-state index is 0.0138. The molecule has 0 fully saturated rings. The summed E-state index contributed by atoms with van der Waals surface area (Å²) in [6.45, 7) is 0. The van der Waals surface area contributed by atoms with Crippen molar-refractivity contribution < 1.29 is 22.5 Å². The van der Waals surface area contributed by atoms with Gasteiger partial charge >= 0.3 is 0 Å². The smallest absolute Gasteiger partial charge is 0.264 e. The third-order valence-electron chi connectivity index (χ3n) is 3.34. The van der Waals surface area contributed by atoms with E-state index in [0.29, 0.717) is 0 Å². The summed E-state index contributed by atoms with van der Waals surface area (Å²) in [5, 5.41) is 7.71. The molecule has 0 saturated heterocycles. The Morgan fingerprint density at radius 3 is 2.36 bits per heavy atom. The van der Waals surface area contributed by atoms with E-state index in [1.165, 1.54) is 38.5 Å². The summed E-state index contributed by atoms with van der Waals surface area (Å²) in [5.41, 5.74) is 0.299. The molecule has 0 bridgehead atoms. The standard InChI is InChI=1S/C14H11Cl2N3O5S/c1-22-10-6-9(11(23-2)5-8(10)16)19-25(20,21)12-4-3-7(15)13-14(12)18-24-17-13/h3-6,19H,1-2H3. The Labute approximate surface area is 152 Å². The number of benzene rings is 2. The van der Waals surface area contributed by atoms with Crippen LogP contribution in [0.4, 0.5) is 5.69 Å². The Morgan fingerprint density at radius 1 is 1.00 bits per heavy atom. The summed E-state index contributed by atoms with van der Waals surface area (Å²) in [7, 11) is -1.25. The highest BCUT2D eigenvalue weighted by atomic mass is 35.5. The quantitative estimate of drug-likeness (QED) is 0.696. The Balaban J connectivity index is 2.10. The van der Waals surface area contributed by atoms with Crippen LogP contribution in [0.15, 0.2) is 33.8 Å². The van der Waals surface area contributed by atoms with Gasteiger partial charge in [-0.3, -0.25) is 4.72 Å². The van der Waals surface area contributed by atoms with Crippen LogP contribution in [-0.4, -0.2) is 33.0 Å². The van der Waals surface area contributed by atoms with Crippen LogP contribution in [0.1, 0.15) is 0 Å². The van der Waals surface area contributed by atoms with E-state index in [1.54, 1.807) is 0 Å². The average Bonchev–Trinajstić information content (AvgIpc) is 3.06. The molecule has 0 aliphatic rings.